The molecule has 1 aliphatic rings. The van der Waals surface area contributed by atoms with Crippen LogP contribution in [0.25, 0.3) is 0 Å². The van der Waals surface area contributed by atoms with E-state index in [0.717, 1.165) is 24.5 Å². The standard InChI is InChI=1S/C12H18N4O2/c1-9-6-11(16(17)18)7-14-12(9)15(2)8-10-4-3-5-13-10/h6-7,10,13H,3-5,8H2,1-2H3. The van der Waals surface area contributed by atoms with Crippen molar-refractivity contribution in [3.05, 3.63) is 27.9 Å². The lowest BCUT2D eigenvalue weighted by Crippen LogP contribution is -2.36. The quantitative estimate of drug-likeness (QED) is 0.647. The first kappa shape index (κ1) is 12.8. The van der Waals surface area contributed by atoms with Gasteiger partial charge in [0.05, 0.1) is 4.92 Å². The molecule has 1 aromatic heterocycles. The summed E-state index contributed by atoms with van der Waals surface area (Å²) in [5, 5.41) is 14.1. The van der Waals surface area contributed by atoms with Gasteiger partial charge in [0.15, 0.2) is 0 Å². The van der Waals surface area contributed by atoms with Crippen LogP contribution in [0.5, 0.6) is 0 Å². The first-order valence-corrected chi connectivity index (χ1v) is 6.13. The van der Waals surface area contributed by atoms with Gasteiger partial charge in [-0.2, -0.15) is 0 Å². The number of aromatic nitrogens is 1. The van der Waals surface area contributed by atoms with Crippen LogP contribution in [-0.2, 0) is 0 Å². The van der Waals surface area contributed by atoms with E-state index in [1.54, 1.807) is 6.07 Å². The fourth-order valence-electron chi connectivity index (χ4n) is 2.38. The summed E-state index contributed by atoms with van der Waals surface area (Å²) in [5.74, 6) is 0.814. The van der Waals surface area contributed by atoms with Crippen molar-refractivity contribution in [2.24, 2.45) is 0 Å². The van der Waals surface area contributed by atoms with Crippen LogP contribution >= 0.6 is 0 Å². The molecule has 0 aliphatic carbocycles. The number of hydrogen-bond acceptors (Lipinski definition) is 5. The third kappa shape index (κ3) is 2.76. The van der Waals surface area contributed by atoms with E-state index >= 15 is 0 Å². The average molecular weight is 250 g/mol. The molecule has 2 rings (SSSR count). The minimum Gasteiger partial charge on any atom is -0.358 e. The van der Waals surface area contributed by atoms with E-state index < -0.39 is 4.92 Å². The number of nitrogens with one attached hydrogen (secondary N) is 1. The molecule has 0 radical (unpaired) electrons. The van der Waals surface area contributed by atoms with Gasteiger partial charge in [-0.05, 0) is 31.9 Å². The first-order valence-electron chi connectivity index (χ1n) is 6.13. The van der Waals surface area contributed by atoms with Gasteiger partial charge in [-0.15, -0.1) is 0 Å². The van der Waals surface area contributed by atoms with Crippen molar-refractivity contribution in [3.63, 3.8) is 0 Å². The molecule has 0 aromatic carbocycles. The van der Waals surface area contributed by atoms with Crippen LogP contribution in [0, 0.1) is 17.0 Å². The molecule has 1 N–H and O–H groups in total. The van der Waals surface area contributed by atoms with E-state index in [-0.39, 0.29) is 5.69 Å². The molecule has 1 saturated heterocycles. The predicted octanol–water partition coefficient (Wildman–Crippen LogP) is 1.49. The molecule has 0 bridgehead atoms. The van der Waals surface area contributed by atoms with Gasteiger partial charge in [0, 0.05) is 25.7 Å². The highest BCUT2D eigenvalue weighted by molar-refractivity contribution is 5.50. The van der Waals surface area contributed by atoms with Crippen LogP contribution in [0.15, 0.2) is 12.3 Å². The summed E-state index contributed by atoms with van der Waals surface area (Å²) in [6.07, 6.45) is 3.71. The van der Waals surface area contributed by atoms with Crippen LogP contribution < -0.4 is 10.2 Å². The molecule has 1 aromatic rings. The summed E-state index contributed by atoms with van der Waals surface area (Å²) in [5.41, 5.74) is 0.883. The summed E-state index contributed by atoms with van der Waals surface area (Å²) in [7, 11) is 1.97. The molecular weight excluding hydrogens is 232 g/mol. The van der Waals surface area contributed by atoms with E-state index in [0.29, 0.717) is 6.04 Å². The maximum absolute atomic E-state index is 10.7. The third-order valence-electron chi connectivity index (χ3n) is 3.27. The maximum Gasteiger partial charge on any atom is 0.287 e. The fraction of sp³-hybridized carbons (Fsp3) is 0.583. The molecule has 1 atom stereocenters. The van der Waals surface area contributed by atoms with Gasteiger partial charge in [0.1, 0.15) is 12.0 Å². The SMILES string of the molecule is Cc1cc([N+](=O)[O-])cnc1N(C)CC1CCCN1. The molecular formula is C12H18N4O2. The maximum atomic E-state index is 10.7. The van der Waals surface area contributed by atoms with Gasteiger partial charge in [-0.25, -0.2) is 4.98 Å². The summed E-state index contributed by atoms with van der Waals surface area (Å²) in [6.45, 7) is 3.81. The van der Waals surface area contributed by atoms with Crippen LogP contribution in [0.3, 0.4) is 0 Å². The number of pyridine rings is 1. The molecule has 98 valence electrons. The van der Waals surface area contributed by atoms with E-state index in [2.05, 4.69) is 15.2 Å². The highest BCUT2D eigenvalue weighted by atomic mass is 16.6. The zero-order valence-corrected chi connectivity index (χ0v) is 10.7. The van der Waals surface area contributed by atoms with Crippen molar-refractivity contribution >= 4 is 11.5 Å². The Balaban J connectivity index is 2.09. The first-order chi connectivity index (χ1) is 8.58. The van der Waals surface area contributed by atoms with Crippen LogP contribution in [0.1, 0.15) is 18.4 Å². The molecule has 0 spiro atoms. The van der Waals surface area contributed by atoms with E-state index in [1.165, 1.54) is 19.0 Å². The number of hydrogen-bond donors (Lipinski definition) is 1. The van der Waals surface area contributed by atoms with Crippen molar-refractivity contribution in [3.8, 4) is 0 Å². The summed E-state index contributed by atoms with van der Waals surface area (Å²) >= 11 is 0. The highest BCUT2D eigenvalue weighted by Gasteiger charge is 2.18. The van der Waals surface area contributed by atoms with Crippen LogP contribution in [-0.4, -0.2) is 36.1 Å². The van der Waals surface area contributed by atoms with Gasteiger partial charge in [-0.3, -0.25) is 10.1 Å². The average Bonchev–Trinajstić information content (AvgIpc) is 2.81. The number of aryl methyl sites for hydroxylation is 1. The topological polar surface area (TPSA) is 71.3 Å². The molecule has 1 unspecified atom stereocenters. The number of nitro groups is 1. The normalized spacial score (nSPS) is 18.9. The Kier molecular flexibility index (Phi) is 3.76. The number of likely N-dealkylation sites (N-methyl/N-ethyl adjacent to an activating group) is 1. The fourth-order valence-corrected chi connectivity index (χ4v) is 2.38. The Bertz CT molecular complexity index is 444. The van der Waals surface area contributed by atoms with Crippen molar-refractivity contribution in [1.82, 2.24) is 10.3 Å². The monoisotopic (exact) mass is 250 g/mol. The van der Waals surface area contributed by atoms with E-state index in [4.69, 9.17) is 0 Å². The summed E-state index contributed by atoms with van der Waals surface area (Å²) in [6, 6.07) is 2.06. The second-order valence-electron chi connectivity index (χ2n) is 4.76. The molecule has 0 saturated carbocycles. The van der Waals surface area contributed by atoms with Crippen molar-refractivity contribution in [2.45, 2.75) is 25.8 Å². The second-order valence-corrected chi connectivity index (χ2v) is 4.76. The Hall–Kier alpha value is -1.69. The van der Waals surface area contributed by atoms with Crippen molar-refractivity contribution in [1.29, 1.82) is 0 Å². The van der Waals surface area contributed by atoms with Crippen molar-refractivity contribution in [2.75, 3.05) is 25.0 Å². The Morgan fingerprint density at radius 2 is 2.44 bits per heavy atom. The number of anilines is 1. The lowest BCUT2D eigenvalue weighted by Gasteiger charge is -2.23. The summed E-state index contributed by atoms with van der Waals surface area (Å²) in [4.78, 5) is 16.5. The molecule has 0 amide bonds. The highest BCUT2D eigenvalue weighted by Crippen LogP contribution is 2.21. The second kappa shape index (κ2) is 5.30. The number of nitrogens with zero attached hydrogens (tertiary/aromatic N) is 3. The van der Waals surface area contributed by atoms with Gasteiger partial charge in [-0.1, -0.05) is 0 Å². The predicted molar refractivity (Wildman–Crippen MR) is 69.9 cm³/mol. The van der Waals surface area contributed by atoms with E-state index in [9.17, 15) is 10.1 Å². The molecule has 18 heavy (non-hydrogen) atoms. The minimum absolute atomic E-state index is 0.0450. The van der Waals surface area contributed by atoms with E-state index in [1.807, 2.05) is 14.0 Å². The Labute approximate surface area is 106 Å². The smallest absolute Gasteiger partial charge is 0.287 e. The van der Waals surface area contributed by atoms with Gasteiger partial charge >= 0.3 is 0 Å². The molecule has 1 fully saturated rings. The zero-order chi connectivity index (χ0) is 13.1. The Morgan fingerprint density at radius 1 is 1.67 bits per heavy atom. The van der Waals surface area contributed by atoms with Crippen LogP contribution in [0.2, 0.25) is 0 Å². The minimum atomic E-state index is -0.414. The lowest BCUT2D eigenvalue weighted by molar-refractivity contribution is -0.385. The van der Waals surface area contributed by atoms with Gasteiger partial charge < -0.3 is 10.2 Å². The molecule has 6 heteroatoms. The lowest BCUT2D eigenvalue weighted by atomic mass is 10.2. The Morgan fingerprint density at radius 3 is 3.00 bits per heavy atom. The van der Waals surface area contributed by atoms with Crippen LogP contribution in [0.4, 0.5) is 11.5 Å². The van der Waals surface area contributed by atoms with Crippen molar-refractivity contribution < 1.29 is 4.92 Å². The molecule has 6 nitrogen and oxygen atoms in total. The zero-order valence-electron chi connectivity index (χ0n) is 10.7. The summed E-state index contributed by atoms with van der Waals surface area (Å²) < 4.78 is 0. The molecule has 2 heterocycles. The number of rotatable bonds is 4. The molecule has 1 aliphatic heterocycles. The van der Waals surface area contributed by atoms with Gasteiger partial charge in [0.2, 0.25) is 0 Å². The third-order valence-corrected chi connectivity index (χ3v) is 3.27. The van der Waals surface area contributed by atoms with Gasteiger partial charge in [0.25, 0.3) is 5.69 Å². The largest absolute Gasteiger partial charge is 0.358 e.